The topological polar surface area (TPSA) is 12.0 Å². The number of hydrogen-bond acceptors (Lipinski definition) is 2. The van der Waals surface area contributed by atoms with Gasteiger partial charge in [0.25, 0.3) is 0 Å². The molecule has 15 heavy (non-hydrogen) atoms. The molecule has 1 aromatic rings. The van der Waals surface area contributed by atoms with E-state index < -0.39 is 0 Å². The van der Waals surface area contributed by atoms with E-state index in [1.54, 1.807) is 0 Å². The second-order valence-corrected chi connectivity index (χ2v) is 5.31. The van der Waals surface area contributed by atoms with Crippen LogP contribution in [0.3, 0.4) is 0 Å². The van der Waals surface area contributed by atoms with Crippen molar-refractivity contribution in [3.05, 3.63) is 21.9 Å². The van der Waals surface area contributed by atoms with Crippen LogP contribution in [-0.4, -0.2) is 6.04 Å². The number of nitrogens with one attached hydrogen (secondary N) is 1. The number of aryl methyl sites for hydroxylation is 1. The molecule has 86 valence electrons. The third-order valence-electron chi connectivity index (χ3n) is 2.82. The van der Waals surface area contributed by atoms with Gasteiger partial charge in [0, 0.05) is 17.5 Å². The fraction of sp³-hybridized carbons (Fsp3) is 0.692. The monoisotopic (exact) mass is 225 g/mol. The van der Waals surface area contributed by atoms with Crippen LogP contribution in [0.1, 0.15) is 50.0 Å². The minimum atomic E-state index is 0.651. The van der Waals surface area contributed by atoms with Gasteiger partial charge in [-0.15, -0.1) is 11.3 Å². The summed E-state index contributed by atoms with van der Waals surface area (Å²) in [6.45, 7) is 7.78. The molecule has 0 aliphatic rings. The van der Waals surface area contributed by atoms with Gasteiger partial charge in [-0.25, -0.2) is 0 Å². The summed E-state index contributed by atoms with van der Waals surface area (Å²) in [6.07, 6.45) is 5.34. The van der Waals surface area contributed by atoms with E-state index in [4.69, 9.17) is 0 Å². The molecule has 1 nitrogen and oxygen atoms in total. The molecule has 0 fully saturated rings. The molecule has 0 saturated carbocycles. The summed E-state index contributed by atoms with van der Waals surface area (Å²) < 4.78 is 0. The van der Waals surface area contributed by atoms with Gasteiger partial charge in [-0.05, 0) is 37.3 Å². The highest BCUT2D eigenvalue weighted by atomic mass is 32.1. The Bertz CT molecular complexity index is 267. The molecule has 0 aliphatic heterocycles. The Balaban J connectivity index is 2.16. The van der Waals surface area contributed by atoms with Crippen LogP contribution in [-0.2, 0) is 6.54 Å². The molecule has 1 aromatic heterocycles. The van der Waals surface area contributed by atoms with Crippen LogP contribution in [0, 0.1) is 6.92 Å². The van der Waals surface area contributed by atoms with Crippen LogP contribution < -0.4 is 5.32 Å². The summed E-state index contributed by atoms with van der Waals surface area (Å²) in [5.41, 5.74) is 1.42. The molecule has 0 amide bonds. The van der Waals surface area contributed by atoms with Gasteiger partial charge < -0.3 is 5.32 Å². The molecule has 1 atom stereocenters. The van der Waals surface area contributed by atoms with Crippen molar-refractivity contribution in [2.24, 2.45) is 0 Å². The van der Waals surface area contributed by atoms with Crippen LogP contribution in [0.15, 0.2) is 11.4 Å². The first-order valence-corrected chi connectivity index (χ1v) is 6.88. The van der Waals surface area contributed by atoms with Gasteiger partial charge in [0.05, 0.1) is 0 Å². The third kappa shape index (κ3) is 4.80. The lowest BCUT2D eigenvalue weighted by molar-refractivity contribution is 0.489. The maximum absolute atomic E-state index is 3.60. The Morgan fingerprint density at radius 2 is 2.20 bits per heavy atom. The Morgan fingerprint density at radius 1 is 1.40 bits per heavy atom. The second kappa shape index (κ2) is 7.02. The van der Waals surface area contributed by atoms with E-state index in [9.17, 15) is 0 Å². The molecule has 0 aromatic carbocycles. The lowest BCUT2D eigenvalue weighted by atomic mass is 10.1. The van der Waals surface area contributed by atoms with Crippen molar-refractivity contribution in [1.29, 1.82) is 0 Å². The van der Waals surface area contributed by atoms with Crippen LogP contribution >= 0.6 is 11.3 Å². The average Bonchev–Trinajstić information content (AvgIpc) is 2.61. The van der Waals surface area contributed by atoms with E-state index in [1.807, 2.05) is 11.3 Å². The minimum absolute atomic E-state index is 0.651. The summed E-state index contributed by atoms with van der Waals surface area (Å²) in [5.74, 6) is 0. The van der Waals surface area contributed by atoms with E-state index >= 15 is 0 Å². The first kappa shape index (κ1) is 12.7. The van der Waals surface area contributed by atoms with Crippen molar-refractivity contribution < 1.29 is 0 Å². The summed E-state index contributed by atoms with van der Waals surface area (Å²) in [7, 11) is 0. The van der Waals surface area contributed by atoms with Gasteiger partial charge in [-0.2, -0.15) is 0 Å². The molecular weight excluding hydrogens is 202 g/mol. The van der Waals surface area contributed by atoms with Crippen molar-refractivity contribution >= 4 is 11.3 Å². The zero-order chi connectivity index (χ0) is 11.1. The first-order chi connectivity index (χ1) is 7.24. The van der Waals surface area contributed by atoms with Crippen LogP contribution in [0.5, 0.6) is 0 Å². The van der Waals surface area contributed by atoms with Gasteiger partial charge >= 0.3 is 0 Å². The second-order valence-electron chi connectivity index (χ2n) is 4.30. The van der Waals surface area contributed by atoms with Crippen LogP contribution in [0.2, 0.25) is 0 Å². The third-order valence-corrected chi connectivity index (χ3v) is 3.84. The zero-order valence-electron chi connectivity index (χ0n) is 10.2. The standard InChI is InChI=1S/C13H23NS/c1-4-5-6-7-12(3)14-10-13-11(2)8-9-15-13/h8-9,12,14H,4-7,10H2,1-3H3/t12-/m0/s1. The van der Waals surface area contributed by atoms with Crippen molar-refractivity contribution in [2.45, 2.75) is 59.0 Å². The summed E-state index contributed by atoms with van der Waals surface area (Å²) >= 11 is 1.86. The highest BCUT2D eigenvalue weighted by Gasteiger charge is 2.03. The maximum Gasteiger partial charge on any atom is 0.0304 e. The molecule has 0 aliphatic carbocycles. The number of rotatable bonds is 7. The number of unbranched alkanes of at least 4 members (excludes halogenated alkanes) is 2. The Hall–Kier alpha value is -0.340. The summed E-state index contributed by atoms with van der Waals surface area (Å²) in [5, 5.41) is 5.77. The van der Waals surface area contributed by atoms with E-state index in [1.165, 1.54) is 36.1 Å². The maximum atomic E-state index is 3.60. The van der Waals surface area contributed by atoms with Crippen molar-refractivity contribution in [2.75, 3.05) is 0 Å². The largest absolute Gasteiger partial charge is 0.309 e. The quantitative estimate of drug-likeness (QED) is 0.688. The molecule has 0 radical (unpaired) electrons. The zero-order valence-corrected chi connectivity index (χ0v) is 11.0. The van der Waals surface area contributed by atoms with Crippen molar-refractivity contribution in [3.8, 4) is 0 Å². The number of thiophene rings is 1. The predicted molar refractivity (Wildman–Crippen MR) is 69.5 cm³/mol. The first-order valence-electron chi connectivity index (χ1n) is 6.00. The van der Waals surface area contributed by atoms with E-state index in [0.717, 1.165) is 6.54 Å². The highest BCUT2D eigenvalue weighted by molar-refractivity contribution is 7.10. The Morgan fingerprint density at radius 3 is 2.80 bits per heavy atom. The molecule has 1 heterocycles. The van der Waals surface area contributed by atoms with Crippen molar-refractivity contribution in [3.63, 3.8) is 0 Å². The fourth-order valence-corrected chi connectivity index (χ4v) is 2.51. The Kier molecular flexibility index (Phi) is 5.96. The van der Waals surface area contributed by atoms with E-state index in [2.05, 4.69) is 37.5 Å². The van der Waals surface area contributed by atoms with Gasteiger partial charge in [-0.3, -0.25) is 0 Å². The van der Waals surface area contributed by atoms with Crippen LogP contribution in [0.4, 0.5) is 0 Å². The van der Waals surface area contributed by atoms with Gasteiger partial charge in [0.15, 0.2) is 0 Å². The normalized spacial score (nSPS) is 13.0. The smallest absolute Gasteiger partial charge is 0.0304 e. The van der Waals surface area contributed by atoms with Gasteiger partial charge in [0.2, 0.25) is 0 Å². The van der Waals surface area contributed by atoms with Crippen LogP contribution in [0.25, 0.3) is 0 Å². The summed E-state index contributed by atoms with van der Waals surface area (Å²) in [4.78, 5) is 1.48. The van der Waals surface area contributed by atoms with E-state index in [-0.39, 0.29) is 0 Å². The van der Waals surface area contributed by atoms with Crippen molar-refractivity contribution in [1.82, 2.24) is 5.32 Å². The molecule has 0 spiro atoms. The molecule has 0 saturated heterocycles. The molecule has 2 heteroatoms. The lowest BCUT2D eigenvalue weighted by Crippen LogP contribution is -2.25. The lowest BCUT2D eigenvalue weighted by Gasteiger charge is -2.13. The minimum Gasteiger partial charge on any atom is -0.309 e. The molecule has 1 rings (SSSR count). The number of hydrogen-bond donors (Lipinski definition) is 1. The predicted octanol–water partition coefficient (Wildman–Crippen LogP) is 4.11. The molecule has 0 unspecified atom stereocenters. The molecule has 0 bridgehead atoms. The molecule has 1 N–H and O–H groups in total. The average molecular weight is 225 g/mol. The van der Waals surface area contributed by atoms with Gasteiger partial charge in [-0.1, -0.05) is 26.2 Å². The SMILES string of the molecule is CCCCC[C@H](C)NCc1sccc1C. The highest BCUT2D eigenvalue weighted by Crippen LogP contribution is 2.15. The Labute approximate surface area is 97.9 Å². The van der Waals surface area contributed by atoms with E-state index in [0.29, 0.717) is 6.04 Å². The van der Waals surface area contributed by atoms with Gasteiger partial charge in [0.1, 0.15) is 0 Å². The summed E-state index contributed by atoms with van der Waals surface area (Å²) in [6, 6.07) is 2.85. The fourth-order valence-electron chi connectivity index (χ4n) is 1.65. The molecular formula is C13H23NS.